The molecular weight excluding hydrogens is 194 g/mol. The van der Waals surface area contributed by atoms with E-state index >= 15 is 0 Å². The summed E-state index contributed by atoms with van der Waals surface area (Å²) in [6, 6.07) is 5.68. The molecule has 1 fully saturated rings. The molecule has 3 heteroatoms. The normalized spacial score (nSPS) is 18.1. The summed E-state index contributed by atoms with van der Waals surface area (Å²) in [5.74, 6) is 0.917. The maximum atomic E-state index is 9.69. The summed E-state index contributed by atoms with van der Waals surface area (Å²) in [6.07, 6.45) is 4.42. The molecule has 2 rings (SSSR count). The molecule has 0 heterocycles. The third-order valence-electron chi connectivity index (χ3n) is 2.72. The van der Waals surface area contributed by atoms with Crippen molar-refractivity contribution in [3.63, 3.8) is 0 Å². The first kappa shape index (κ1) is 9.87. The van der Waals surface area contributed by atoms with Crippen molar-refractivity contribution in [2.24, 2.45) is 11.7 Å². The lowest BCUT2D eigenvalue weighted by Gasteiger charge is -2.13. The van der Waals surface area contributed by atoms with Gasteiger partial charge in [-0.2, -0.15) is 0 Å². The van der Waals surface area contributed by atoms with E-state index in [1.807, 2.05) is 18.4 Å². The van der Waals surface area contributed by atoms with Crippen molar-refractivity contribution < 1.29 is 5.11 Å². The van der Waals surface area contributed by atoms with E-state index in [2.05, 4.69) is 0 Å². The minimum atomic E-state index is 0.0158. The predicted molar refractivity (Wildman–Crippen MR) is 59.5 cm³/mol. The fourth-order valence-corrected chi connectivity index (χ4v) is 2.08. The number of thioether (sulfide) groups is 1. The van der Waals surface area contributed by atoms with Crippen molar-refractivity contribution in [1.82, 2.24) is 0 Å². The molecule has 1 aliphatic rings. The molecule has 1 aromatic carbocycles. The largest absolute Gasteiger partial charge is 0.508 e. The van der Waals surface area contributed by atoms with Crippen LogP contribution in [0.15, 0.2) is 23.1 Å². The molecule has 0 spiro atoms. The van der Waals surface area contributed by atoms with Crippen LogP contribution in [-0.4, -0.2) is 11.4 Å². The quantitative estimate of drug-likeness (QED) is 0.752. The number of rotatable bonds is 3. The van der Waals surface area contributed by atoms with Gasteiger partial charge < -0.3 is 10.8 Å². The molecule has 0 unspecified atom stereocenters. The van der Waals surface area contributed by atoms with Gasteiger partial charge in [-0.05, 0) is 43.2 Å². The fraction of sp³-hybridized carbons (Fsp3) is 0.455. The van der Waals surface area contributed by atoms with E-state index in [1.54, 1.807) is 17.8 Å². The van der Waals surface area contributed by atoms with E-state index in [9.17, 15) is 5.11 Å². The maximum Gasteiger partial charge on any atom is 0.120 e. The molecule has 14 heavy (non-hydrogen) atoms. The molecule has 0 bridgehead atoms. The van der Waals surface area contributed by atoms with Crippen molar-refractivity contribution in [2.75, 3.05) is 6.26 Å². The highest BCUT2D eigenvalue weighted by Gasteiger charge is 2.30. The van der Waals surface area contributed by atoms with Crippen LogP contribution in [0.1, 0.15) is 24.4 Å². The number of benzene rings is 1. The highest BCUT2D eigenvalue weighted by Crippen LogP contribution is 2.42. The molecule has 1 saturated carbocycles. The van der Waals surface area contributed by atoms with E-state index in [1.165, 1.54) is 12.8 Å². The van der Waals surface area contributed by atoms with Gasteiger partial charge >= 0.3 is 0 Å². The van der Waals surface area contributed by atoms with Crippen LogP contribution in [0, 0.1) is 5.92 Å². The molecule has 0 radical (unpaired) electrons. The molecule has 2 nitrogen and oxygen atoms in total. The Morgan fingerprint density at radius 2 is 2.21 bits per heavy atom. The van der Waals surface area contributed by atoms with Crippen molar-refractivity contribution in [2.45, 2.75) is 23.8 Å². The van der Waals surface area contributed by atoms with Gasteiger partial charge in [-0.3, -0.25) is 0 Å². The lowest BCUT2D eigenvalue weighted by molar-refractivity contribution is 0.455. The van der Waals surface area contributed by atoms with E-state index in [0.717, 1.165) is 10.5 Å². The first-order valence-electron chi connectivity index (χ1n) is 4.85. The number of hydrogen-bond acceptors (Lipinski definition) is 3. The molecule has 1 aromatic rings. The summed E-state index contributed by atoms with van der Waals surface area (Å²) in [7, 11) is 0. The van der Waals surface area contributed by atoms with Crippen LogP contribution in [-0.2, 0) is 0 Å². The molecule has 0 amide bonds. The molecule has 1 aliphatic carbocycles. The third kappa shape index (κ3) is 1.88. The van der Waals surface area contributed by atoms with Crippen LogP contribution in [0.4, 0.5) is 0 Å². The lowest BCUT2D eigenvalue weighted by atomic mass is 10.0. The summed E-state index contributed by atoms with van der Waals surface area (Å²) in [5.41, 5.74) is 6.96. The highest BCUT2D eigenvalue weighted by atomic mass is 32.2. The summed E-state index contributed by atoms with van der Waals surface area (Å²) in [4.78, 5) is 1.16. The van der Waals surface area contributed by atoms with Crippen molar-refractivity contribution >= 4 is 11.8 Å². The monoisotopic (exact) mass is 209 g/mol. The molecule has 76 valence electrons. The summed E-state index contributed by atoms with van der Waals surface area (Å²) >= 11 is 1.67. The van der Waals surface area contributed by atoms with E-state index in [-0.39, 0.29) is 6.04 Å². The van der Waals surface area contributed by atoms with Gasteiger partial charge in [0.1, 0.15) is 5.75 Å². The highest BCUT2D eigenvalue weighted by molar-refractivity contribution is 7.98. The second-order valence-electron chi connectivity index (χ2n) is 3.79. The van der Waals surface area contributed by atoms with Crippen LogP contribution in [0.2, 0.25) is 0 Å². The number of phenolic OH excluding ortho intramolecular Hbond substituents is 1. The van der Waals surface area contributed by atoms with E-state index in [4.69, 9.17) is 5.73 Å². The Balaban J connectivity index is 2.29. The summed E-state index contributed by atoms with van der Waals surface area (Å²) in [6.45, 7) is 0. The Hall–Kier alpha value is -0.670. The average Bonchev–Trinajstić information content (AvgIpc) is 3.01. The number of nitrogens with two attached hydrogens (primary N) is 1. The van der Waals surface area contributed by atoms with Gasteiger partial charge in [-0.15, -0.1) is 11.8 Å². The molecule has 0 aliphatic heterocycles. The summed E-state index contributed by atoms with van der Waals surface area (Å²) < 4.78 is 0. The molecule has 1 atom stereocenters. The van der Waals surface area contributed by atoms with Crippen LogP contribution in [0.3, 0.4) is 0 Å². The standard InChI is InChI=1S/C11H15NOS/c1-14-8-4-5-10(13)9(6-8)11(12)7-2-3-7/h4-7,11,13H,2-3,12H2,1H3/t11-/m0/s1. The van der Waals surface area contributed by atoms with Gasteiger partial charge in [0.05, 0.1) is 0 Å². The fourth-order valence-electron chi connectivity index (χ4n) is 1.64. The first-order valence-corrected chi connectivity index (χ1v) is 6.07. The number of phenols is 1. The Morgan fingerprint density at radius 3 is 2.79 bits per heavy atom. The second-order valence-corrected chi connectivity index (χ2v) is 4.67. The van der Waals surface area contributed by atoms with Gasteiger partial charge in [0.15, 0.2) is 0 Å². The molecule has 0 saturated heterocycles. The zero-order chi connectivity index (χ0) is 10.1. The van der Waals surface area contributed by atoms with E-state index in [0.29, 0.717) is 11.7 Å². The van der Waals surface area contributed by atoms with Crippen molar-refractivity contribution in [1.29, 1.82) is 0 Å². The predicted octanol–water partition coefficient (Wildman–Crippen LogP) is 2.52. The maximum absolute atomic E-state index is 9.69. The van der Waals surface area contributed by atoms with Gasteiger partial charge in [-0.1, -0.05) is 0 Å². The van der Waals surface area contributed by atoms with Crippen molar-refractivity contribution in [3.8, 4) is 5.75 Å². The van der Waals surface area contributed by atoms with Gasteiger partial charge in [0, 0.05) is 16.5 Å². The van der Waals surface area contributed by atoms with Crippen LogP contribution >= 0.6 is 11.8 Å². The van der Waals surface area contributed by atoms with Crippen LogP contribution in [0.5, 0.6) is 5.75 Å². The Kier molecular flexibility index (Phi) is 2.70. The van der Waals surface area contributed by atoms with E-state index < -0.39 is 0 Å². The zero-order valence-electron chi connectivity index (χ0n) is 8.23. The number of hydrogen-bond donors (Lipinski definition) is 2. The summed E-state index contributed by atoms with van der Waals surface area (Å²) in [5, 5.41) is 9.69. The molecule has 3 N–H and O–H groups in total. The van der Waals surface area contributed by atoms with Gasteiger partial charge in [0.25, 0.3) is 0 Å². The Bertz CT molecular complexity index is 336. The average molecular weight is 209 g/mol. The Morgan fingerprint density at radius 1 is 1.50 bits per heavy atom. The topological polar surface area (TPSA) is 46.2 Å². The Labute approximate surface area is 88.5 Å². The third-order valence-corrected chi connectivity index (χ3v) is 3.45. The van der Waals surface area contributed by atoms with Gasteiger partial charge in [-0.25, -0.2) is 0 Å². The SMILES string of the molecule is CSc1ccc(O)c([C@@H](N)C2CC2)c1. The molecular formula is C11H15NOS. The minimum Gasteiger partial charge on any atom is -0.508 e. The molecule has 0 aromatic heterocycles. The van der Waals surface area contributed by atoms with Crippen LogP contribution < -0.4 is 5.73 Å². The number of aromatic hydroxyl groups is 1. The van der Waals surface area contributed by atoms with Crippen molar-refractivity contribution in [3.05, 3.63) is 23.8 Å². The second kappa shape index (κ2) is 3.83. The lowest BCUT2D eigenvalue weighted by Crippen LogP contribution is -2.12. The zero-order valence-corrected chi connectivity index (χ0v) is 9.05. The van der Waals surface area contributed by atoms with Crippen LogP contribution in [0.25, 0.3) is 0 Å². The first-order chi connectivity index (χ1) is 6.72. The smallest absolute Gasteiger partial charge is 0.120 e. The minimum absolute atomic E-state index is 0.0158. The van der Waals surface area contributed by atoms with Gasteiger partial charge in [0.2, 0.25) is 0 Å².